The van der Waals surface area contributed by atoms with E-state index < -0.39 is 5.97 Å². The number of amides is 1. The van der Waals surface area contributed by atoms with Gasteiger partial charge in [0, 0.05) is 22.3 Å². The molecule has 4 rings (SSSR count). The van der Waals surface area contributed by atoms with Crippen LogP contribution in [0.15, 0.2) is 77.4 Å². The summed E-state index contributed by atoms with van der Waals surface area (Å²) in [6.07, 6.45) is 1.43. The Morgan fingerprint density at radius 2 is 1.83 bits per heavy atom. The van der Waals surface area contributed by atoms with E-state index in [4.69, 9.17) is 9.15 Å². The van der Waals surface area contributed by atoms with Gasteiger partial charge in [-0.05, 0) is 55.5 Å². The number of carbonyl (C=O) groups excluding carboxylic acids is 2. The Kier molecular flexibility index (Phi) is 5.07. The highest BCUT2D eigenvalue weighted by Crippen LogP contribution is 2.20. The number of fused-ring (bicyclic) bond motifs is 1. The summed E-state index contributed by atoms with van der Waals surface area (Å²) in [5, 5.41) is 3.66. The lowest BCUT2D eigenvalue weighted by atomic mass is 10.1. The zero-order chi connectivity index (χ0) is 20.2. The summed E-state index contributed by atoms with van der Waals surface area (Å²) in [7, 11) is 0. The Morgan fingerprint density at radius 3 is 2.59 bits per heavy atom. The molecule has 0 unspecified atom stereocenters. The average molecular weight is 386 g/mol. The first kappa shape index (κ1) is 18.4. The number of aromatic nitrogens is 1. The average Bonchev–Trinajstić information content (AvgIpc) is 3.27. The molecule has 2 aromatic heterocycles. The van der Waals surface area contributed by atoms with E-state index in [9.17, 15) is 9.59 Å². The van der Waals surface area contributed by atoms with Gasteiger partial charge in [0.2, 0.25) is 0 Å². The van der Waals surface area contributed by atoms with Crippen molar-refractivity contribution in [2.45, 2.75) is 13.5 Å². The lowest BCUT2D eigenvalue weighted by Crippen LogP contribution is -2.11. The van der Waals surface area contributed by atoms with Gasteiger partial charge < -0.3 is 14.5 Å². The van der Waals surface area contributed by atoms with Gasteiger partial charge in [-0.25, -0.2) is 4.79 Å². The highest BCUT2D eigenvalue weighted by molar-refractivity contribution is 6.02. The molecule has 0 fully saturated rings. The van der Waals surface area contributed by atoms with Crippen molar-refractivity contribution in [1.82, 2.24) is 4.98 Å². The van der Waals surface area contributed by atoms with E-state index in [2.05, 4.69) is 10.3 Å². The van der Waals surface area contributed by atoms with Crippen molar-refractivity contribution in [3.63, 3.8) is 0 Å². The van der Waals surface area contributed by atoms with Gasteiger partial charge in [-0.1, -0.05) is 18.2 Å². The number of hydrogen-bond acceptors (Lipinski definition) is 5. The Morgan fingerprint density at radius 1 is 1.03 bits per heavy atom. The quantitative estimate of drug-likeness (QED) is 0.501. The van der Waals surface area contributed by atoms with Crippen LogP contribution in [-0.2, 0) is 11.3 Å². The van der Waals surface area contributed by atoms with Crippen LogP contribution in [0.5, 0.6) is 0 Å². The Labute approximate surface area is 167 Å². The second kappa shape index (κ2) is 7.98. The van der Waals surface area contributed by atoms with E-state index in [1.165, 1.54) is 6.26 Å². The van der Waals surface area contributed by atoms with Crippen LogP contribution in [0.3, 0.4) is 0 Å². The van der Waals surface area contributed by atoms with Gasteiger partial charge in [0.05, 0.1) is 17.3 Å². The first-order valence-corrected chi connectivity index (χ1v) is 9.07. The predicted molar refractivity (Wildman–Crippen MR) is 109 cm³/mol. The molecule has 0 saturated carbocycles. The van der Waals surface area contributed by atoms with Crippen LogP contribution in [-0.4, -0.2) is 16.9 Å². The third-order valence-electron chi connectivity index (χ3n) is 4.41. The minimum absolute atomic E-state index is 0.152. The van der Waals surface area contributed by atoms with Crippen LogP contribution in [0, 0.1) is 6.92 Å². The van der Waals surface area contributed by atoms with E-state index in [0.29, 0.717) is 11.3 Å². The number of pyridine rings is 1. The highest BCUT2D eigenvalue weighted by Gasteiger charge is 2.12. The van der Waals surface area contributed by atoms with Crippen LogP contribution in [0.4, 0.5) is 5.69 Å². The normalized spacial score (nSPS) is 10.7. The van der Waals surface area contributed by atoms with Crippen LogP contribution >= 0.6 is 0 Å². The summed E-state index contributed by atoms with van der Waals surface area (Å²) >= 11 is 0. The molecule has 0 radical (unpaired) electrons. The van der Waals surface area contributed by atoms with E-state index in [0.717, 1.165) is 22.2 Å². The maximum atomic E-state index is 12.4. The third kappa shape index (κ3) is 4.16. The molecule has 0 bridgehead atoms. The molecule has 0 aliphatic rings. The van der Waals surface area contributed by atoms with Crippen molar-refractivity contribution < 1.29 is 18.7 Å². The molecule has 0 aliphatic carbocycles. The number of hydrogen-bond donors (Lipinski definition) is 1. The summed E-state index contributed by atoms with van der Waals surface area (Å²) in [6.45, 7) is 2.06. The summed E-state index contributed by atoms with van der Waals surface area (Å²) in [5.41, 5.74) is 3.60. The van der Waals surface area contributed by atoms with Crippen molar-refractivity contribution in [2.75, 3.05) is 5.32 Å². The summed E-state index contributed by atoms with van der Waals surface area (Å²) in [5.74, 6) is -0.578. The molecule has 2 aromatic carbocycles. The number of ether oxygens (including phenoxy) is 1. The first-order chi connectivity index (χ1) is 14.1. The monoisotopic (exact) mass is 386 g/mol. The largest absolute Gasteiger partial charge is 0.459 e. The second-order valence-corrected chi connectivity index (χ2v) is 6.52. The van der Waals surface area contributed by atoms with E-state index in [1.807, 2.05) is 37.3 Å². The molecular weight excluding hydrogens is 368 g/mol. The zero-order valence-electron chi connectivity index (χ0n) is 15.7. The smallest absolute Gasteiger partial charge is 0.338 e. The number of nitrogens with one attached hydrogen (secondary N) is 1. The fourth-order valence-corrected chi connectivity index (χ4v) is 3.03. The zero-order valence-corrected chi connectivity index (χ0v) is 15.7. The molecule has 144 valence electrons. The fourth-order valence-electron chi connectivity index (χ4n) is 3.03. The number of benzene rings is 2. The standard InChI is InChI=1S/C23H18N2O4/c1-15-13-17(19-5-2-3-6-20(19)24-15)14-29-23(27)16-8-10-18(11-9-16)25-22(26)21-7-4-12-28-21/h2-13H,14H2,1H3,(H,25,26). The summed E-state index contributed by atoms with van der Waals surface area (Å²) in [4.78, 5) is 28.9. The maximum absolute atomic E-state index is 12.4. The highest BCUT2D eigenvalue weighted by atomic mass is 16.5. The van der Waals surface area contributed by atoms with Crippen molar-refractivity contribution in [3.05, 3.63) is 95.6 Å². The number of anilines is 1. The SMILES string of the molecule is Cc1cc(COC(=O)c2ccc(NC(=O)c3ccco3)cc2)c2ccccc2n1. The van der Waals surface area contributed by atoms with Crippen molar-refractivity contribution in [3.8, 4) is 0 Å². The lowest BCUT2D eigenvalue weighted by Gasteiger charge is -2.09. The van der Waals surface area contributed by atoms with Crippen molar-refractivity contribution in [2.24, 2.45) is 0 Å². The lowest BCUT2D eigenvalue weighted by molar-refractivity contribution is 0.0474. The second-order valence-electron chi connectivity index (χ2n) is 6.52. The number of esters is 1. The van der Waals surface area contributed by atoms with Crippen LogP contribution in [0.1, 0.15) is 32.2 Å². The third-order valence-corrected chi connectivity index (χ3v) is 4.41. The fraction of sp³-hybridized carbons (Fsp3) is 0.0870. The molecule has 1 N–H and O–H groups in total. The molecule has 0 saturated heterocycles. The molecule has 2 heterocycles. The van der Waals surface area contributed by atoms with Gasteiger partial charge >= 0.3 is 5.97 Å². The molecular formula is C23H18N2O4. The van der Waals surface area contributed by atoms with Crippen LogP contribution in [0.2, 0.25) is 0 Å². The van der Waals surface area contributed by atoms with E-state index >= 15 is 0 Å². The van der Waals surface area contributed by atoms with Gasteiger partial charge in [-0.2, -0.15) is 0 Å². The van der Waals surface area contributed by atoms with Crippen LogP contribution in [0.25, 0.3) is 10.9 Å². The minimum Gasteiger partial charge on any atom is -0.459 e. The van der Waals surface area contributed by atoms with E-state index in [-0.39, 0.29) is 18.3 Å². The number of furan rings is 1. The van der Waals surface area contributed by atoms with Gasteiger partial charge in [0.25, 0.3) is 5.91 Å². The van der Waals surface area contributed by atoms with Gasteiger partial charge in [-0.15, -0.1) is 0 Å². The Balaban J connectivity index is 1.42. The molecule has 0 aliphatic heterocycles. The molecule has 0 atom stereocenters. The number of aryl methyl sites for hydroxylation is 1. The van der Waals surface area contributed by atoms with E-state index in [1.54, 1.807) is 36.4 Å². The topological polar surface area (TPSA) is 81.4 Å². The van der Waals surface area contributed by atoms with Gasteiger partial charge in [-0.3, -0.25) is 9.78 Å². The number of rotatable bonds is 5. The number of para-hydroxylation sites is 1. The molecule has 6 heteroatoms. The Bertz CT molecular complexity index is 1170. The first-order valence-electron chi connectivity index (χ1n) is 9.07. The molecule has 0 spiro atoms. The molecule has 29 heavy (non-hydrogen) atoms. The maximum Gasteiger partial charge on any atom is 0.338 e. The minimum atomic E-state index is -0.438. The van der Waals surface area contributed by atoms with Gasteiger partial charge in [0.15, 0.2) is 5.76 Å². The Hall–Kier alpha value is -3.93. The molecule has 1 amide bonds. The van der Waals surface area contributed by atoms with Crippen molar-refractivity contribution >= 4 is 28.5 Å². The summed E-state index contributed by atoms with van der Waals surface area (Å²) < 4.78 is 10.5. The van der Waals surface area contributed by atoms with Crippen LogP contribution < -0.4 is 5.32 Å². The predicted octanol–water partition coefficient (Wildman–Crippen LogP) is 4.75. The van der Waals surface area contributed by atoms with Crippen molar-refractivity contribution in [1.29, 1.82) is 0 Å². The molecule has 4 aromatic rings. The summed E-state index contributed by atoms with van der Waals surface area (Å²) in [6, 6.07) is 19.4. The number of carbonyl (C=O) groups is 2. The molecule has 6 nitrogen and oxygen atoms in total. The van der Waals surface area contributed by atoms with Gasteiger partial charge in [0.1, 0.15) is 6.61 Å². The number of nitrogens with zero attached hydrogens (tertiary/aromatic N) is 1.